The van der Waals surface area contributed by atoms with Gasteiger partial charge in [0.1, 0.15) is 0 Å². The Morgan fingerprint density at radius 3 is 1.75 bits per heavy atom. The van der Waals surface area contributed by atoms with Gasteiger partial charge in [-0.05, 0) is 38.5 Å². The minimum atomic E-state index is -0.0182. The van der Waals surface area contributed by atoms with Crippen LogP contribution in [0.3, 0.4) is 0 Å². The third-order valence-electron chi connectivity index (χ3n) is 4.27. The third kappa shape index (κ3) is 4.06. The van der Waals surface area contributed by atoms with E-state index >= 15 is 0 Å². The first-order valence-electron chi connectivity index (χ1n) is 7.29. The quantitative estimate of drug-likeness (QED) is 0.757. The Bertz CT molecular complexity index is 179. The summed E-state index contributed by atoms with van der Waals surface area (Å²) in [5.74, 6) is 0. The van der Waals surface area contributed by atoms with E-state index in [-0.39, 0.29) is 6.10 Å². The van der Waals surface area contributed by atoms with Gasteiger partial charge in [-0.25, -0.2) is 0 Å². The fourth-order valence-corrected chi connectivity index (χ4v) is 3.20. The fraction of sp³-hybridized carbons (Fsp3) is 1.00. The second-order valence-corrected chi connectivity index (χ2v) is 5.71. The third-order valence-corrected chi connectivity index (χ3v) is 4.27. The number of hydrogen-bond acceptors (Lipinski definition) is 2. The summed E-state index contributed by atoms with van der Waals surface area (Å²) >= 11 is 0. The fourth-order valence-electron chi connectivity index (χ4n) is 3.20. The van der Waals surface area contributed by atoms with E-state index in [1.165, 1.54) is 57.8 Å². The monoisotopic (exact) mass is 225 g/mol. The van der Waals surface area contributed by atoms with Gasteiger partial charge in [0.2, 0.25) is 0 Å². The molecule has 2 nitrogen and oxygen atoms in total. The van der Waals surface area contributed by atoms with E-state index in [2.05, 4.69) is 5.32 Å². The molecule has 0 aromatic carbocycles. The van der Waals surface area contributed by atoms with Gasteiger partial charge in [0.15, 0.2) is 0 Å². The average Bonchev–Trinajstić information content (AvgIpc) is 2.25. The molecule has 0 aliphatic heterocycles. The zero-order chi connectivity index (χ0) is 11.2. The van der Waals surface area contributed by atoms with E-state index in [1.807, 2.05) is 0 Å². The van der Waals surface area contributed by atoms with E-state index in [0.29, 0.717) is 6.04 Å². The molecule has 0 spiro atoms. The van der Waals surface area contributed by atoms with E-state index in [4.69, 9.17) is 0 Å². The maximum Gasteiger partial charge on any atom is 0.0541 e. The van der Waals surface area contributed by atoms with E-state index in [9.17, 15) is 5.11 Å². The highest BCUT2D eigenvalue weighted by Crippen LogP contribution is 2.22. The Kier molecular flexibility index (Phi) is 5.11. The summed E-state index contributed by atoms with van der Waals surface area (Å²) in [6, 6.07) is 1.45. The molecule has 0 heterocycles. The van der Waals surface area contributed by atoms with Crippen LogP contribution in [0.15, 0.2) is 0 Å². The van der Waals surface area contributed by atoms with Crippen molar-refractivity contribution in [2.75, 3.05) is 0 Å². The summed E-state index contributed by atoms with van der Waals surface area (Å²) in [6.45, 7) is 0. The summed E-state index contributed by atoms with van der Waals surface area (Å²) < 4.78 is 0. The van der Waals surface area contributed by atoms with Crippen LogP contribution in [-0.2, 0) is 0 Å². The normalized spacial score (nSPS) is 34.3. The lowest BCUT2D eigenvalue weighted by Gasteiger charge is -2.31. The molecule has 2 N–H and O–H groups in total. The highest BCUT2D eigenvalue weighted by Gasteiger charge is 2.21. The summed E-state index contributed by atoms with van der Waals surface area (Å²) in [5.41, 5.74) is 0. The lowest BCUT2D eigenvalue weighted by molar-refractivity contribution is 0.113. The van der Waals surface area contributed by atoms with Crippen molar-refractivity contribution in [2.45, 2.75) is 88.8 Å². The molecule has 2 saturated carbocycles. The van der Waals surface area contributed by atoms with E-state index in [0.717, 1.165) is 18.9 Å². The van der Waals surface area contributed by atoms with Gasteiger partial charge in [-0.2, -0.15) is 0 Å². The summed E-state index contributed by atoms with van der Waals surface area (Å²) in [5, 5.41) is 13.3. The van der Waals surface area contributed by atoms with Crippen molar-refractivity contribution in [3.63, 3.8) is 0 Å². The van der Waals surface area contributed by atoms with E-state index < -0.39 is 0 Å². The zero-order valence-corrected chi connectivity index (χ0v) is 10.5. The van der Waals surface area contributed by atoms with Crippen LogP contribution in [0.5, 0.6) is 0 Å². The highest BCUT2D eigenvalue weighted by molar-refractivity contribution is 4.80. The summed E-state index contributed by atoms with van der Waals surface area (Å²) in [4.78, 5) is 0. The standard InChI is InChI=1S/C14H27NO/c16-14-10-8-13(9-11-14)15-12-6-4-2-1-3-5-7-12/h12-16H,1-11H2. The molecule has 2 aliphatic rings. The molecule has 0 saturated heterocycles. The first-order chi connectivity index (χ1) is 7.84. The van der Waals surface area contributed by atoms with Gasteiger partial charge in [0, 0.05) is 12.1 Å². The van der Waals surface area contributed by atoms with Crippen LogP contribution in [0.25, 0.3) is 0 Å². The predicted molar refractivity (Wildman–Crippen MR) is 67.5 cm³/mol. The van der Waals surface area contributed by atoms with Crippen LogP contribution in [0, 0.1) is 0 Å². The number of nitrogens with one attached hydrogen (secondary N) is 1. The molecule has 94 valence electrons. The Morgan fingerprint density at radius 1 is 0.625 bits per heavy atom. The van der Waals surface area contributed by atoms with Gasteiger partial charge in [0.25, 0.3) is 0 Å². The molecule has 0 bridgehead atoms. The smallest absolute Gasteiger partial charge is 0.0541 e. The number of rotatable bonds is 2. The first kappa shape index (κ1) is 12.4. The van der Waals surface area contributed by atoms with Gasteiger partial charge < -0.3 is 10.4 Å². The molecule has 16 heavy (non-hydrogen) atoms. The van der Waals surface area contributed by atoms with Crippen molar-refractivity contribution < 1.29 is 5.11 Å². The van der Waals surface area contributed by atoms with Crippen molar-refractivity contribution >= 4 is 0 Å². The Morgan fingerprint density at radius 2 is 1.12 bits per heavy atom. The Hall–Kier alpha value is -0.0800. The van der Waals surface area contributed by atoms with Crippen LogP contribution >= 0.6 is 0 Å². The van der Waals surface area contributed by atoms with Crippen LogP contribution in [0.2, 0.25) is 0 Å². The van der Waals surface area contributed by atoms with Crippen molar-refractivity contribution in [3.05, 3.63) is 0 Å². The molecular formula is C14H27NO. The molecular weight excluding hydrogens is 198 g/mol. The maximum absolute atomic E-state index is 9.49. The van der Waals surface area contributed by atoms with Crippen LogP contribution < -0.4 is 5.32 Å². The van der Waals surface area contributed by atoms with Gasteiger partial charge in [-0.1, -0.05) is 32.1 Å². The molecule has 0 amide bonds. The lowest BCUT2D eigenvalue weighted by atomic mass is 9.90. The predicted octanol–water partition coefficient (Wildman–Crippen LogP) is 2.99. The van der Waals surface area contributed by atoms with Crippen LogP contribution in [0.4, 0.5) is 0 Å². The number of aliphatic hydroxyl groups is 1. The van der Waals surface area contributed by atoms with Crippen molar-refractivity contribution in [3.8, 4) is 0 Å². The minimum absolute atomic E-state index is 0.0182. The van der Waals surface area contributed by atoms with Crippen LogP contribution in [0.1, 0.15) is 70.6 Å². The van der Waals surface area contributed by atoms with Gasteiger partial charge in [-0.3, -0.25) is 0 Å². The lowest BCUT2D eigenvalue weighted by Crippen LogP contribution is -2.41. The summed E-state index contributed by atoms with van der Waals surface area (Å²) in [6.07, 6.45) is 14.2. The molecule has 0 atom stereocenters. The summed E-state index contributed by atoms with van der Waals surface area (Å²) in [7, 11) is 0. The second kappa shape index (κ2) is 6.61. The minimum Gasteiger partial charge on any atom is -0.393 e. The van der Waals surface area contributed by atoms with Crippen molar-refractivity contribution in [1.29, 1.82) is 0 Å². The van der Waals surface area contributed by atoms with Crippen molar-refractivity contribution in [2.24, 2.45) is 0 Å². The van der Waals surface area contributed by atoms with Crippen molar-refractivity contribution in [1.82, 2.24) is 5.32 Å². The molecule has 0 aromatic heterocycles. The largest absolute Gasteiger partial charge is 0.393 e. The Labute approximate surface area is 99.8 Å². The molecule has 2 aliphatic carbocycles. The van der Waals surface area contributed by atoms with Crippen LogP contribution in [-0.4, -0.2) is 23.3 Å². The first-order valence-corrected chi connectivity index (χ1v) is 7.29. The Balaban J connectivity index is 1.70. The van der Waals surface area contributed by atoms with E-state index in [1.54, 1.807) is 0 Å². The van der Waals surface area contributed by atoms with Gasteiger partial charge in [-0.15, -0.1) is 0 Å². The van der Waals surface area contributed by atoms with Gasteiger partial charge >= 0.3 is 0 Å². The molecule has 2 heteroatoms. The molecule has 0 aromatic rings. The van der Waals surface area contributed by atoms with Gasteiger partial charge in [0.05, 0.1) is 6.10 Å². The molecule has 0 unspecified atom stereocenters. The highest BCUT2D eigenvalue weighted by atomic mass is 16.3. The second-order valence-electron chi connectivity index (χ2n) is 5.71. The SMILES string of the molecule is OC1CCC(NC2CCCCCCC2)CC1. The number of aliphatic hydroxyl groups excluding tert-OH is 1. The molecule has 2 rings (SSSR count). The maximum atomic E-state index is 9.49. The topological polar surface area (TPSA) is 32.3 Å². The number of hydrogen-bond donors (Lipinski definition) is 2. The molecule has 2 fully saturated rings. The zero-order valence-electron chi connectivity index (χ0n) is 10.5. The molecule has 0 radical (unpaired) electrons. The average molecular weight is 225 g/mol.